The Kier molecular flexibility index (Phi) is 4.68. The summed E-state index contributed by atoms with van der Waals surface area (Å²) in [5.41, 5.74) is 9.10. The van der Waals surface area contributed by atoms with Gasteiger partial charge in [-0.25, -0.2) is 4.68 Å². The van der Waals surface area contributed by atoms with Crippen molar-refractivity contribution in [1.29, 1.82) is 0 Å². The minimum atomic E-state index is 0.614. The fourth-order valence-electron chi connectivity index (χ4n) is 2.12. The zero-order valence-corrected chi connectivity index (χ0v) is 11.7. The van der Waals surface area contributed by atoms with E-state index in [4.69, 9.17) is 5.73 Å². The summed E-state index contributed by atoms with van der Waals surface area (Å²) in [5.74, 6) is 0.694. The van der Waals surface area contributed by atoms with E-state index in [0.29, 0.717) is 12.5 Å². The quantitative estimate of drug-likeness (QED) is 0.862. The molecule has 0 aliphatic carbocycles. The summed E-state index contributed by atoms with van der Waals surface area (Å²) in [6, 6.07) is 8.74. The number of benzene rings is 1. The van der Waals surface area contributed by atoms with E-state index in [9.17, 15) is 0 Å². The first-order valence-electron chi connectivity index (χ1n) is 6.84. The number of hydrogen-bond acceptors (Lipinski definition) is 3. The number of rotatable bonds is 6. The minimum Gasteiger partial charge on any atom is -0.330 e. The lowest BCUT2D eigenvalue weighted by Crippen LogP contribution is -2.03. The molecule has 0 saturated heterocycles. The first-order chi connectivity index (χ1) is 9.17. The lowest BCUT2D eigenvalue weighted by atomic mass is 10.0. The predicted octanol–water partition coefficient (Wildman–Crippen LogP) is 2.03. The molecule has 4 heteroatoms. The summed E-state index contributed by atoms with van der Waals surface area (Å²) < 4.78 is 1.86. The number of hydrogen-bond donors (Lipinski definition) is 1. The molecule has 0 fully saturated rings. The van der Waals surface area contributed by atoms with Gasteiger partial charge in [-0.3, -0.25) is 0 Å². The van der Waals surface area contributed by atoms with Crippen LogP contribution in [0, 0.1) is 5.92 Å². The number of nitrogens with zero attached hydrogens (tertiary/aromatic N) is 3. The second kappa shape index (κ2) is 6.48. The van der Waals surface area contributed by atoms with E-state index >= 15 is 0 Å². The maximum Gasteiger partial charge on any atom is 0.0839 e. The second-order valence-corrected chi connectivity index (χ2v) is 5.36. The predicted molar refractivity (Wildman–Crippen MR) is 76.9 cm³/mol. The van der Waals surface area contributed by atoms with E-state index in [-0.39, 0.29) is 0 Å². The van der Waals surface area contributed by atoms with E-state index < -0.39 is 0 Å². The topological polar surface area (TPSA) is 56.7 Å². The Morgan fingerprint density at radius 1 is 1.16 bits per heavy atom. The van der Waals surface area contributed by atoms with Crippen LogP contribution in [0.25, 0.3) is 0 Å². The Bertz CT molecular complexity index is 499. The smallest absolute Gasteiger partial charge is 0.0839 e. The standard InChI is InChI=1S/C15H22N4/c1-12(2)9-13-3-5-14(6-4-13)10-19-11-15(7-8-16)17-18-19/h3-6,11-12H,7-10,16H2,1-2H3. The van der Waals surface area contributed by atoms with Gasteiger partial charge in [0.1, 0.15) is 0 Å². The van der Waals surface area contributed by atoms with Crippen LogP contribution in [0.2, 0.25) is 0 Å². The molecule has 2 N–H and O–H groups in total. The molecule has 4 nitrogen and oxygen atoms in total. The Morgan fingerprint density at radius 2 is 1.84 bits per heavy atom. The van der Waals surface area contributed by atoms with Gasteiger partial charge in [-0.05, 0) is 30.0 Å². The zero-order chi connectivity index (χ0) is 13.7. The third-order valence-electron chi connectivity index (χ3n) is 3.00. The molecule has 19 heavy (non-hydrogen) atoms. The molecular formula is C15H22N4. The van der Waals surface area contributed by atoms with Crippen molar-refractivity contribution in [2.75, 3.05) is 6.54 Å². The Morgan fingerprint density at radius 3 is 2.47 bits per heavy atom. The molecule has 0 bridgehead atoms. The van der Waals surface area contributed by atoms with Gasteiger partial charge in [0.25, 0.3) is 0 Å². The molecule has 2 rings (SSSR count). The van der Waals surface area contributed by atoms with E-state index in [1.807, 2.05) is 10.9 Å². The van der Waals surface area contributed by atoms with E-state index in [2.05, 4.69) is 48.4 Å². The first-order valence-corrected chi connectivity index (χ1v) is 6.84. The highest BCUT2D eigenvalue weighted by atomic mass is 15.4. The minimum absolute atomic E-state index is 0.614. The van der Waals surface area contributed by atoms with Crippen molar-refractivity contribution >= 4 is 0 Å². The molecule has 0 atom stereocenters. The van der Waals surface area contributed by atoms with Gasteiger partial charge in [0.05, 0.1) is 12.2 Å². The molecule has 0 unspecified atom stereocenters. The van der Waals surface area contributed by atoms with Crippen molar-refractivity contribution in [3.63, 3.8) is 0 Å². The molecule has 1 aromatic carbocycles. The van der Waals surface area contributed by atoms with Gasteiger partial charge in [-0.1, -0.05) is 43.3 Å². The van der Waals surface area contributed by atoms with Crippen molar-refractivity contribution < 1.29 is 0 Å². The van der Waals surface area contributed by atoms with Crippen molar-refractivity contribution in [1.82, 2.24) is 15.0 Å². The van der Waals surface area contributed by atoms with Crippen LogP contribution in [-0.4, -0.2) is 21.5 Å². The summed E-state index contributed by atoms with van der Waals surface area (Å²) in [6.45, 7) is 5.85. The molecule has 0 aliphatic heterocycles. The van der Waals surface area contributed by atoms with Gasteiger partial charge >= 0.3 is 0 Å². The van der Waals surface area contributed by atoms with Crippen molar-refractivity contribution in [3.05, 3.63) is 47.3 Å². The average molecular weight is 258 g/mol. The summed E-state index contributed by atoms with van der Waals surface area (Å²) in [5, 5.41) is 8.20. The molecule has 1 heterocycles. The van der Waals surface area contributed by atoms with Crippen LogP contribution >= 0.6 is 0 Å². The van der Waals surface area contributed by atoms with Gasteiger partial charge in [0.15, 0.2) is 0 Å². The van der Waals surface area contributed by atoms with Crippen LogP contribution in [-0.2, 0) is 19.4 Å². The van der Waals surface area contributed by atoms with E-state index in [0.717, 1.165) is 25.1 Å². The molecule has 0 amide bonds. The van der Waals surface area contributed by atoms with E-state index in [1.165, 1.54) is 11.1 Å². The summed E-state index contributed by atoms with van der Waals surface area (Å²) >= 11 is 0. The Balaban J connectivity index is 1.98. The molecule has 0 aliphatic rings. The second-order valence-electron chi connectivity index (χ2n) is 5.36. The maximum absolute atomic E-state index is 5.50. The number of nitrogens with two attached hydrogens (primary N) is 1. The Labute approximate surface area is 114 Å². The van der Waals surface area contributed by atoms with Gasteiger partial charge in [-0.2, -0.15) is 0 Å². The van der Waals surface area contributed by atoms with Crippen molar-refractivity contribution in [2.45, 2.75) is 33.2 Å². The fraction of sp³-hybridized carbons (Fsp3) is 0.467. The molecule has 1 aromatic heterocycles. The third-order valence-corrected chi connectivity index (χ3v) is 3.00. The van der Waals surface area contributed by atoms with Crippen LogP contribution in [0.4, 0.5) is 0 Å². The summed E-state index contributed by atoms with van der Waals surface area (Å²) in [7, 11) is 0. The Hall–Kier alpha value is -1.68. The van der Waals surface area contributed by atoms with Crippen LogP contribution in [0.1, 0.15) is 30.7 Å². The molecule has 2 aromatic rings. The fourth-order valence-corrected chi connectivity index (χ4v) is 2.12. The lowest BCUT2D eigenvalue weighted by molar-refractivity contribution is 0.641. The SMILES string of the molecule is CC(C)Cc1ccc(Cn2cc(CCN)nn2)cc1. The van der Waals surface area contributed by atoms with Crippen molar-refractivity contribution in [3.8, 4) is 0 Å². The van der Waals surface area contributed by atoms with Crippen LogP contribution in [0.5, 0.6) is 0 Å². The third kappa shape index (κ3) is 4.17. The first kappa shape index (κ1) is 13.7. The normalized spacial score (nSPS) is 11.2. The largest absolute Gasteiger partial charge is 0.330 e. The highest BCUT2D eigenvalue weighted by molar-refractivity contribution is 5.23. The highest BCUT2D eigenvalue weighted by Crippen LogP contribution is 2.10. The number of aromatic nitrogens is 3. The molecule has 0 radical (unpaired) electrons. The molecule has 0 saturated carbocycles. The summed E-state index contributed by atoms with van der Waals surface area (Å²) in [4.78, 5) is 0. The van der Waals surface area contributed by atoms with Crippen molar-refractivity contribution in [2.24, 2.45) is 11.7 Å². The molecule has 0 spiro atoms. The highest BCUT2D eigenvalue weighted by Gasteiger charge is 2.02. The molecule has 102 valence electrons. The summed E-state index contributed by atoms with van der Waals surface area (Å²) in [6.07, 6.45) is 3.88. The van der Waals surface area contributed by atoms with Gasteiger partial charge in [0, 0.05) is 12.6 Å². The maximum atomic E-state index is 5.50. The zero-order valence-electron chi connectivity index (χ0n) is 11.7. The van der Waals surface area contributed by atoms with Crippen LogP contribution in [0.15, 0.2) is 30.5 Å². The van der Waals surface area contributed by atoms with Gasteiger partial charge < -0.3 is 5.73 Å². The average Bonchev–Trinajstić information content (AvgIpc) is 2.79. The van der Waals surface area contributed by atoms with Gasteiger partial charge in [0.2, 0.25) is 0 Å². The molecular weight excluding hydrogens is 236 g/mol. The monoisotopic (exact) mass is 258 g/mol. The van der Waals surface area contributed by atoms with Crippen LogP contribution in [0.3, 0.4) is 0 Å². The van der Waals surface area contributed by atoms with Crippen LogP contribution < -0.4 is 5.73 Å². The van der Waals surface area contributed by atoms with E-state index in [1.54, 1.807) is 0 Å². The lowest BCUT2D eigenvalue weighted by Gasteiger charge is -2.06. The van der Waals surface area contributed by atoms with Gasteiger partial charge in [-0.15, -0.1) is 5.10 Å².